The highest BCUT2D eigenvalue weighted by Crippen LogP contribution is 2.32. The van der Waals surface area contributed by atoms with Crippen LogP contribution in [0.25, 0.3) is 22.2 Å². The smallest absolute Gasteiger partial charge is 0.335 e. The normalized spacial score (nSPS) is 11.0. The van der Waals surface area contributed by atoms with E-state index in [1.807, 2.05) is 24.3 Å². The summed E-state index contributed by atoms with van der Waals surface area (Å²) in [5, 5.41) is 10.4. The van der Waals surface area contributed by atoms with E-state index in [9.17, 15) is 9.90 Å². The van der Waals surface area contributed by atoms with Crippen molar-refractivity contribution in [1.29, 1.82) is 0 Å². The molecule has 0 saturated heterocycles. The molecular formula is C23H19NO2. The zero-order valence-electron chi connectivity index (χ0n) is 14.5. The highest BCUT2D eigenvalue weighted by Gasteiger charge is 2.14. The minimum absolute atomic E-state index is 0.319. The molecule has 0 bridgehead atoms. The van der Waals surface area contributed by atoms with Gasteiger partial charge < -0.3 is 10.1 Å². The molecule has 0 unspecified atom stereocenters. The average Bonchev–Trinajstić information content (AvgIpc) is 3.00. The summed E-state index contributed by atoms with van der Waals surface area (Å²) in [6, 6.07) is 23.8. The van der Waals surface area contributed by atoms with E-state index in [1.165, 1.54) is 16.5 Å². The molecule has 2 N–H and O–H groups in total. The van der Waals surface area contributed by atoms with Gasteiger partial charge in [-0.1, -0.05) is 54.6 Å². The van der Waals surface area contributed by atoms with E-state index in [0.29, 0.717) is 12.0 Å². The molecule has 0 aliphatic carbocycles. The van der Waals surface area contributed by atoms with Gasteiger partial charge in [0.1, 0.15) is 0 Å². The number of H-pyrrole nitrogens is 1. The minimum Gasteiger partial charge on any atom is -0.478 e. The Balaban J connectivity index is 1.87. The van der Waals surface area contributed by atoms with Gasteiger partial charge in [-0.2, -0.15) is 0 Å². The summed E-state index contributed by atoms with van der Waals surface area (Å²) in [5.41, 5.74) is 7.03. The topological polar surface area (TPSA) is 53.1 Å². The van der Waals surface area contributed by atoms with Crippen molar-refractivity contribution < 1.29 is 9.90 Å². The maximum absolute atomic E-state index is 11.3. The van der Waals surface area contributed by atoms with E-state index >= 15 is 0 Å². The Morgan fingerprint density at radius 3 is 2.54 bits per heavy atom. The molecule has 1 heterocycles. The Hall–Kier alpha value is -3.33. The second-order valence-corrected chi connectivity index (χ2v) is 6.58. The maximum atomic E-state index is 11.3. The van der Waals surface area contributed by atoms with Crippen molar-refractivity contribution in [2.45, 2.75) is 13.3 Å². The molecule has 0 atom stereocenters. The molecule has 128 valence electrons. The number of carbonyl (C=O) groups is 1. The summed E-state index contributed by atoms with van der Waals surface area (Å²) in [5.74, 6) is -0.898. The first kappa shape index (κ1) is 16.2. The van der Waals surface area contributed by atoms with Crippen LogP contribution >= 0.6 is 0 Å². The number of carboxylic acid groups (broad SMARTS) is 1. The highest BCUT2D eigenvalue weighted by atomic mass is 16.4. The van der Waals surface area contributed by atoms with Crippen molar-refractivity contribution in [2.75, 3.05) is 0 Å². The number of benzene rings is 3. The van der Waals surface area contributed by atoms with Gasteiger partial charge >= 0.3 is 5.97 Å². The number of rotatable bonds is 4. The Morgan fingerprint density at radius 2 is 1.77 bits per heavy atom. The number of aromatic carboxylic acids is 1. The minimum atomic E-state index is -0.898. The monoisotopic (exact) mass is 341 g/mol. The predicted molar refractivity (Wildman–Crippen MR) is 105 cm³/mol. The second-order valence-electron chi connectivity index (χ2n) is 6.58. The Kier molecular flexibility index (Phi) is 4.05. The number of hydrogen-bond donors (Lipinski definition) is 2. The van der Waals surface area contributed by atoms with Gasteiger partial charge in [0.05, 0.1) is 11.3 Å². The molecule has 26 heavy (non-hydrogen) atoms. The van der Waals surface area contributed by atoms with E-state index in [-0.39, 0.29) is 0 Å². The molecule has 3 nitrogen and oxygen atoms in total. The van der Waals surface area contributed by atoms with E-state index in [0.717, 1.165) is 22.3 Å². The fraction of sp³-hybridized carbons (Fsp3) is 0.0870. The molecule has 1 aromatic heterocycles. The van der Waals surface area contributed by atoms with E-state index < -0.39 is 5.97 Å². The van der Waals surface area contributed by atoms with Gasteiger partial charge in [0.2, 0.25) is 0 Å². The summed E-state index contributed by atoms with van der Waals surface area (Å²) in [6.07, 6.45) is 0.675. The fourth-order valence-corrected chi connectivity index (χ4v) is 3.42. The molecule has 4 rings (SSSR count). The molecule has 0 amide bonds. The van der Waals surface area contributed by atoms with E-state index in [1.54, 1.807) is 18.2 Å². The third kappa shape index (κ3) is 3.00. The number of fused-ring (bicyclic) bond motifs is 1. The molecule has 0 saturated carbocycles. The van der Waals surface area contributed by atoms with Crippen LogP contribution in [0.15, 0.2) is 72.8 Å². The summed E-state index contributed by atoms with van der Waals surface area (Å²) in [6.45, 7) is 2.08. The first-order valence-electron chi connectivity index (χ1n) is 8.60. The summed E-state index contributed by atoms with van der Waals surface area (Å²) in [7, 11) is 0. The lowest BCUT2D eigenvalue weighted by Crippen LogP contribution is -1.98. The molecular weight excluding hydrogens is 322 g/mol. The molecule has 0 aliphatic rings. The van der Waals surface area contributed by atoms with Crippen LogP contribution in [0.1, 0.15) is 27.0 Å². The second kappa shape index (κ2) is 6.52. The number of carboxylic acids is 1. The molecule has 0 spiro atoms. The van der Waals surface area contributed by atoms with Crippen molar-refractivity contribution >= 4 is 16.9 Å². The third-order valence-electron chi connectivity index (χ3n) is 4.68. The number of hydrogen-bond acceptors (Lipinski definition) is 1. The lowest BCUT2D eigenvalue weighted by atomic mass is 9.97. The van der Waals surface area contributed by atoms with Crippen LogP contribution in [0.2, 0.25) is 0 Å². The van der Waals surface area contributed by atoms with E-state index in [4.69, 9.17) is 0 Å². The maximum Gasteiger partial charge on any atom is 0.335 e. The van der Waals surface area contributed by atoms with Gasteiger partial charge in [0, 0.05) is 17.3 Å². The molecule has 0 fully saturated rings. The molecule has 0 aliphatic heterocycles. The van der Waals surface area contributed by atoms with Gasteiger partial charge in [-0.25, -0.2) is 4.79 Å². The molecule has 0 radical (unpaired) electrons. The first-order chi connectivity index (χ1) is 12.6. The molecule has 3 aromatic carbocycles. The van der Waals surface area contributed by atoms with Crippen LogP contribution in [-0.2, 0) is 6.42 Å². The summed E-state index contributed by atoms with van der Waals surface area (Å²) in [4.78, 5) is 14.9. The number of nitrogens with one attached hydrogen (secondary N) is 1. The van der Waals surface area contributed by atoms with Crippen molar-refractivity contribution in [1.82, 2.24) is 4.98 Å². The van der Waals surface area contributed by atoms with Crippen LogP contribution in [0, 0.1) is 6.92 Å². The number of aromatic amines is 1. The SMILES string of the molecule is Cc1ccc2c(Cc3cccc(C(=O)O)c3)c(-c3ccccc3)[nH]c2c1. The molecule has 3 heteroatoms. The Labute approximate surface area is 151 Å². The lowest BCUT2D eigenvalue weighted by molar-refractivity contribution is 0.0697. The fourth-order valence-electron chi connectivity index (χ4n) is 3.42. The van der Waals surface area contributed by atoms with Gasteiger partial charge in [-0.3, -0.25) is 0 Å². The van der Waals surface area contributed by atoms with E-state index in [2.05, 4.69) is 42.2 Å². The Bertz CT molecular complexity index is 1090. The van der Waals surface area contributed by atoms with Crippen LogP contribution in [-0.4, -0.2) is 16.1 Å². The standard InChI is InChI=1S/C23H19NO2/c1-15-10-11-19-20(14-16-6-5-9-18(13-16)23(25)26)22(24-21(19)12-15)17-7-3-2-4-8-17/h2-13,24H,14H2,1H3,(H,25,26). The number of aromatic nitrogens is 1. The van der Waals surface area contributed by atoms with Gasteiger partial charge in [0.25, 0.3) is 0 Å². The summed E-state index contributed by atoms with van der Waals surface area (Å²) < 4.78 is 0. The summed E-state index contributed by atoms with van der Waals surface area (Å²) >= 11 is 0. The van der Waals surface area contributed by atoms with Gasteiger partial charge in [0.15, 0.2) is 0 Å². The van der Waals surface area contributed by atoms with Crippen LogP contribution in [0.4, 0.5) is 0 Å². The third-order valence-corrected chi connectivity index (χ3v) is 4.68. The lowest BCUT2D eigenvalue weighted by Gasteiger charge is -2.07. The van der Waals surface area contributed by atoms with Crippen LogP contribution in [0.3, 0.4) is 0 Å². The van der Waals surface area contributed by atoms with Crippen molar-refractivity contribution in [3.05, 3.63) is 95.1 Å². The zero-order valence-corrected chi connectivity index (χ0v) is 14.5. The average molecular weight is 341 g/mol. The van der Waals surface area contributed by atoms with Gasteiger partial charge in [-0.15, -0.1) is 0 Å². The van der Waals surface area contributed by atoms with Gasteiger partial charge in [-0.05, 0) is 47.4 Å². The van der Waals surface area contributed by atoms with Crippen LogP contribution < -0.4 is 0 Å². The molecule has 4 aromatic rings. The zero-order chi connectivity index (χ0) is 18.1. The predicted octanol–water partition coefficient (Wildman–Crippen LogP) is 5.43. The first-order valence-corrected chi connectivity index (χ1v) is 8.60. The largest absolute Gasteiger partial charge is 0.478 e. The quantitative estimate of drug-likeness (QED) is 0.520. The van der Waals surface area contributed by atoms with Crippen molar-refractivity contribution in [3.63, 3.8) is 0 Å². The Morgan fingerprint density at radius 1 is 0.962 bits per heavy atom. The van der Waals surface area contributed by atoms with Crippen molar-refractivity contribution in [3.8, 4) is 11.3 Å². The number of aryl methyl sites for hydroxylation is 1. The highest BCUT2D eigenvalue weighted by molar-refractivity contribution is 5.92. The van der Waals surface area contributed by atoms with Crippen LogP contribution in [0.5, 0.6) is 0 Å². The van der Waals surface area contributed by atoms with Crippen molar-refractivity contribution in [2.24, 2.45) is 0 Å².